The third kappa shape index (κ3) is 3.64. The van der Waals surface area contributed by atoms with Crippen LogP contribution in [0.4, 0.5) is 0 Å². The van der Waals surface area contributed by atoms with E-state index in [9.17, 15) is 5.11 Å². The fourth-order valence-electron chi connectivity index (χ4n) is 1.58. The number of rotatable bonds is 7. The first-order chi connectivity index (χ1) is 8.13. The van der Waals surface area contributed by atoms with Crippen molar-refractivity contribution in [3.05, 3.63) is 11.9 Å². The van der Waals surface area contributed by atoms with Gasteiger partial charge in [0.25, 0.3) is 0 Å². The molecule has 0 saturated carbocycles. The van der Waals surface area contributed by atoms with E-state index in [1.54, 1.807) is 29.8 Å². The van der Waals surface area contributed by atoms with Gasteiger partial charge in [-0.1, -0.05) is 13.8 Å². The van der Waals surface area contributed by atoms with Crippen LogP contribution in [0.1, 0.15) is 39.0 Å². The van der Waals surface area contributed by atoms with E-state index in [0.717, 1.165) is 18.7 Å². The fraction of sp³-hybridized carbons (Fsp3) is 0.750. The minimum Gasteiger partial charge on any atom is -0.493 e. The summed E-state index contributed by atoms with van der Waals surface area (Å²) in [6.07, 6.45) is 2.25. The van der Waals surface area contributed by atoms with E-state index in [0.29, 0.717) is 16.8 Å². The first-order valence-electron chi connectivity index (χ1n) is 6.03. The van der Waals surface area contributed by atoms with Crippen molar-refractivity contribution in [2.75, 3.05) is 12.9 Å². The lowest BCUT2D eigenvalue weighted by Gasteiger charge is -2.15. The second-order valence-electron chi connectivity index (χ2n) is 3.98. The third-order valence-corrected chi connectivity index (χ3v) is 4.20. The third-order valence-electron chi connectivity index (χ3n) is 2.79. The molecular weight excluding hydrogens is 236 g/mol. The van der Waals surface area contributed by atoms with Gasteiger partial charge in [-0.05, 0) is 13.3 Å². The van der Waals surface area contributed by atoms with Crippen LogP contribution in [-0.4, -0.2) is 33.0 Å². The number of aromatic nitrogens is 2. The summed E-state index contributed by atoms with van der Waals surface area (Å²) in [6, 6.07) is 0. The summed E-state index contributed by atoms with van der Waals surface area (Å²) in [5.74, 6) is 1.35. The lowest BCUT2D eigenvalue weighted by molar-refractivity contribution is 0.187. The molecule has 0 radical (unpaired) electrons. The van der Waals surface area contributed by atoms with Crippen LogP contribution in [0.3, 0.4) is 0 Å². The molecule has 2 atom stereocenters. The highest BCUT2D eigenvalue weighted by Crippen LogP contribution is 2.29. The predicted molar refractivity (Wildman–Crippen MR) is 71.6 cm³/mol. The minimum atomic E-state index is -0.522. The molecule has 0 fully saturated rings. The highest BCUT2D eigenvalue weighted by Gasteiger charge is 2.19. The lowest BCUT2D eigenvalue weighted by Crippen LogP contribution is -2.12. The first kappa shape index (κ1) is 14.4. The van der Waals surface area contributed by atoms with Gasteiger partial charge >= 0.3 is 0 Å². The number of methoxy groups -OCH3 is 1. The molecule has 0 aromatic carbocycles. The average Bonchev–Trinajstić information content (AvgIpc) is 2.78. The quantitative estimate of drug-likeness (QED) is 0.816. The molecule has 0 saturated heterocycles. The Bertz CT molecular complexity index is 320. The van der Waals surface area contributed by atoms with E-state index >= 15 is 0 Å². The Morgan fingerprint density at radius 2 is 2.24 bits per heavy atom. The molecule has 2 unspecified atom stereocenters. The maximum atomic E-state index is 10.2. The Labute approximate surface area is 107 Å². The van der Waals surface area contributed by atoms with Crippen LogP contribution in [0.15, 0.2) is 6.20 Å². The first-order valence-corrected chi connectivity index (χ1v) is 7.08. The number of nitrogens with zero attached hydrogens (tertiary/aromatic N) is 2. The van der Waals surface area contributed by atoms with Crippen LogP contribution in [0.5, 0.6) is 5.75 Å². The molecule has 1 aromatic heterocycles. The van der Waals surface area contributed by atoms with Crippen LogP contribution in [-0.2, 0) is 6.54 Å². The topological polar surface area (TPSA) is 47.3 Å². The van der Waals surface area contributed by atoms with Crippen molar-refractivity contribution in [1.29, 1.82) is 0 Å². The summed E-state index contributed by atoms with van der Waals surface area (Å²) in [7, 11) is 1.61. The Hall–Kier alpha value is -0.680. The van der Waals surface area contributed by atoms with Crippen LogP contribution in [0.2, 0.25) is 0 Å². The normalized spacial score (nSPS) is 14.6. The maximum absolute atomic E-state index is 10.2. The lowest BCUT2D eigenvalue weighted by atomic mass is 10.2. The molecule has 0 aliphatic carbocycles. The van der Waals surface area contributed by atoms with Crippen LogP contribution in [0, 0.1) is 0 Å². The van der Waals surface area contributed by atoms with E-state index in [1.807, 2.05) is 6.92 Å². The Morgan fingerprint density at radius 3 is 2.76 bits per heavy atom. The van der Waals surface area contributed by atoms with Crippen LogP contribution in [0.25, 0.3) is 0 Å². The number of aliphatic hydroxyl groups is 1. The number of aliphatic hydroxyl groups excluding tert-OH is 1. The standard InChI is InChI=1S/C12H22N2O2S/c1-5-9(3)17-8-10(15)12-11(16-4)7-13-14(12)6-2/h7,9-10,15H,5-6,8H2,1-4H3. The summed E-state index contributed by atoms with van der Waals surface area (Å²) in [5, 5.41) is 15.0. The second kappa shape index (κ2) is 6.91. The van der Waals surface area contributed by atoms with Crippen molar-refractivity contribution in [2.24, 2.45) is 0 Å². The predicted octanol–water partition coefficient (Wildman–Crippen LogP) is 2.48. The summed E-state index contributed by atoms with van der Waals surface area (Å²) in [6.45, 7) is 7.07. The average molecular weight is 258 g/mol. The molecule has 4 nitrogen and oxygen atoms in total. The van der Waals surface area contributed by atoms with Gasteiger partial charge in [-0.2, -0.15) is 16.9 Å². The molecule has 1 aromatic rings. The van der Waals surface area contributed by atoms with E-state index in [2.05, 4.69) is 18.9 Å². The summed E-state index contributed by atoms with van der Waals surface area (Å²) in [5.41, 5.74) is 0.783. The highest BCUT2D eigenvalue weighted by atomic mass is 32.2. The second-order valence-corrected chi connectivity index (χ2v) is 5.45. The van der Waals surface area contributed by atoms with Gasteiger partial charge in [-0.25, -0.2) is 0 Å². The highest BCUT2D eigenvalue weighted by molar-refractivity contribution is 7.99. The smallest absolute Gasteiger partial charge is 0.162 e. The van der Waals surface area contributed by atoms with Gasteiger partial charge in [0.15, 0.2) is 5.75 Å². The Kier molecular flexibility index (Phi) is 5.85. The van der Waals surface area contributed by atoms with Gasteiger partial charge in [0.1, 0.15) is 11.8 Å². The fourth-order valence-corrected chi connectivity index (χ4v) is 2.48. The molecule has 98 valence electrons. The number of aryl methyl sites for hydroxylation is 1. The van der Waals surface area contributed by atoms with Gasteiger partial charge in [0.2, 0.25) is 0 Å². The summed E-state index contributed by atoms with van der Waals surface area (Å²) >= 11 is 1.77. The molecule has 17 heavy (non-hydrogen) atoms. The number of hydrogen-bond acceptors (Lipinski definition) is 4. The summed E-state index contributed by atoms with van der Waals surface area (Å²) in [4.78, 5) is 0. The molecule has 0 amide bonds. The van der Waals surface area contributed by atoms with E-state index in [-0.39, 0.29) is 0 Å². The van der Waals surface area contributed by atoms with E-state index < -0.39 is 6.10 Å². The Balaban J connectivity index is 2.72. The molecule has 1 heterocycles. The van der Waals surface area contributed by atoms with Crippen LogP contribution >= 0.6 is 11.8 Å². The molecule has 0 bridgehead atoms. The molecule has 0 aliphatic heterocycles. The van der Waals surface area contributed by atoms with E-state index in [4.69, 9.17) is 4.74 Å². The number of ether oxygens (including phenoxy) is 1. The molecule has 5 heteroatoms. The van der Waals surface area contributed by atoms with Gasteiger partial charge in [-0.3, -0.25) is 4.68 Å². The molecular formula is C12H22N2O2S. The van der Waals surface area contributed by atoms with Crippen molar-refractivity contribution >= 4 is 11.8 Å². The van der Waals surface area contributed by atoms with Gasteiger partial charge in [-0.15, -0.1) is 0 Å². The molecule has 1 rings (SSSR count). The monoisotopic (exact) mass is 258 g/mol. The van der Waals surface area contributed by atoms with Crippen molar-refractivity contribution in [3.63, 3.8) is 0 Å². The Morgan fingerprint density at radius 1 is 1.53 bits per heavy atom. The summed E-state index contributed by atoms with van der Waals surface area (Å²) < 4.78 is 7.02. The molecule has 1 N–H and O–H groups in total. The van der Waals surface area contributed by atoms with E-state index in [1.165, 1.54) is 0 Å². The number of thioether (sulfide) groups is 1. The van der Waals surface area contributed by atoms with Crippen LogP contribution < -0.4 is 4.74 Å². The van der Waals surface area contributed by atoms with Crippen molar-refractivity contribution in [2.45, 2.75) is 45.1 Å². The van der Waals surface area contributed by atoms with Gasteiger partial charge in [0.05, 0.1) is 13.3 Å². The van der Waals surface area contributed by atoms with Gasteiger partial charge < -0.3 is 9.84 Å². The molecule has 0 aliphatic rings. The van der Waals surface area contributed by atoms with Crippen molar-refractivity contribution < 1.29 is 9.84 Å². The zero-order valence-corrected chi connectivity index (χ0v) is 11.8. The van der Waals surface area contributed by atoms with Crippen molar-refractivity contribution in [3.8, 4) is 5.75 Å². The molecule has 0 spiro atoms. The van der Waals surface area contributed by atoms with Gasteiger partial charge in [0, 0.05) is 17.5 Å². The van der Waals surface area contributed by atoms with Crippen molar-refractivity contribution in [1.82, 2.24) is 9.78 Å². The largest absolute Gasteiger partial charge is 0.493 e. The number of hydrogen-bond donors (Lipinski definition) is 1. The SMILES string of the molecule is CCC(C)SCC(O)c1c(OC)cnn1CC. The zero-order chi connectivity index (χ0) is 12.8. The zero-order valence-electron chi connectivity index (χ0n) is 11.0. The maximum Gasteiger partial charge on any atom is 0.162 e. The minimum absolute atomic E-state index is 0.522.